The molecule has 1 aromatic heterocycles. The first kappa shape index (κ1) is 13.8. The highest BCUT2D eigenvalue weighted by molar-refractivity contribution is 6.33. The normalized spacial score (nSPS) is 10.3. The molecule has 104 valence electrons. The maximum absolute atomic E-state index is 10.9. The highest BCUT2D eigenvalue weighted by atomic mass is 35.5. The first-order chi connectivity index (χ1) is 9.38. The van der Waals surface area contributed by atoms with Gasteiger partial charge >= 0.3 is 11.7 Å². The Balaban J connectivity index is 2.35. The Morgan fingerprint density at radius 1 is 1.55 bits per heavy atom. The van der Waals surface area contributed by atoms with Gasteiger partial charge < -0.3 is 10.4 Å². The number of halogens is 1. The highest BCUT2D eigenvalue weighted by Gasteiger charge is 2.19. The topological polar surface area (TPSA) is 110 Å². The van der Waals surface area contributed by atoms with Gasteiger partial charge in [0.1, 0.15) is 6.20 Å². The maximum atomic E-state index is 10.9. The molecule has 20 heavy (non-hydrogen) atoms. The van der Waals surface area contributed by atoms with Gasteiger partial charge in [0.2, 0.25) is 5.82 Å². The van der Waals surface area contributed by atoms with Crippen molar-refractivity contribution >= 4 is 34.8 Å². The largest absolute Gasteiger partial charge is 0.478 e. The van der Waals surface area contributed by atoms with Crippen molar-refractivity contribution < 1.29 is 14.8 Å². The van der Waals surface area contributed by atoms with Crippen LogP contribution in [0.4, 0.5) is 17.2 Å². The molecular weight excluding hydrogens is 288 g/mol. The number of hydrogen-bond donors (Lipinski definition) is 2. The van der Waals surface area contributed by atoms with Gasteiger partial charge in [0, 0.05) is 7.05 Å². The Hall–Kier alpha value is -2.61. The van der Waals surface area contributed by atoms with Gasteiger partial charge in [0.25, 0.3) is 0 Å². The number of aromatic nitrogens is 2. The van der Waals surface area contributed by atoms with Gasteiger partial charge in [0.15, 0.2) is 0 Å². The SMILES string of the molecule is Cn1cc([N+](=O)[O-])c(Nc2ccc(C(=O)O)cc2Cl)n1. The number of carboxylic acids is 1. The average Bonchev–Trinajstić information content (AvgIpc) is 2.73. The van der Waals surface area contributed by atoms with E-state index in [1.807, 2.05) is 0 Å². The summed E-state index contributed by atoms with van der Waals surface area (Å²) in [6.45, 7) is 0. The fourth-order valence-electron chi connectivity index (χ4n) is 1.58. The third-order valence-electron chi connectivity index (χ3n) is 2.48. The highest BCUT2D eigenvalue weighted by Crippen LogP contribution is 2.30. The summed E-state index contributed by atoms with van der Waals surface area (Å²) in [7, 11) is 1.55. The summed E-state index contributed by atoms with van der Waals surface area (Å²) in [6, 6.07) is 4.01. The molecule has 2 rings (SSSR count). The number of anilines is 2. The van der Waals surface area contributed by atoms with Crippen LogP contribution in [0, 0.1) is 10.1 Å². The van der Waals surface area contributed by atoms with Crippen molar-refractivity contribution in [2.24, 2.45) is 7.05 Å². The Labute approximate surface area is 117 Å². The van der Waals surface area contributed by atoms with E-state index in [1.165, 1.54) is 29.1 Å². The first-order valence-electron chi connectivity index (χ1n) is 5.36. The summed E-state index contributed by atoms with van der Waals surface area (Å²) < 4.78 is 1.29. The summed E-state index contributed by atoms with van der Waals surface area (Å²) in [6.07, 6.45) is 1.25. The van der Waals surface area contributed by atoms with Gasteiger partial charge in [-0.15, -0.1) is 5.10 Å². The van der Waals surface area contributed by atoms with Gasteiger partial charge in [-0.1, -0.05) is 11.6 Å². The van der Waals surface area contributed by atoms with E-state index in [9.17, 15) is 14.9 Å². The predicted molar refractivity (Wildman–Crippen MR) is 71.6 cm³/mol. The van der Waals surface area contributed by atoms with Crippen molar-refractivity contribution in [2.45, 2.75) is 0 Å². The van der Waals surface area contributed by atoms with Crippen LogP contribution < -0.4 is 5.32 Å². The average molecular weight is 297 g/mol. The molecule has 0 aliphatic rings. The summed E-state index contributed by atoms with van der Waals surface area (Å²) in [5, 5.41) is 26.4. The van der Waals surface area contributed by atoms with Crippen LogP contribution in [0.25, 0.3) is 0 Å². The molecule has 0 saturated carbocycles. The Morgan fingerprint density at radius 3 is 2.80 bits per heavy atom. The van der Waals surface area contributed by atoms with Gasteiger partial charge in [-0.05, 0) is 18.2 Å². The van der Waals surface area contributed by atoms with Gasteiger partial charge in [-0.25, -0.2) is 4.79 Å². The van der Waals surface area contributed by atoms with Crippen LogP contribution in [0.5, 0.6) is 0 Å². The quantitative estimate of drug-likeness (QED) is 0.662. The minimum absolute atomic E-state index is 0.0241. The van der Waals surface area contributed by atoms with E-state index < -0.39 is 10.9 Å². The molecule has 0 spiro atoms. The summed E-state index contributed by atoms with van der Waals surface area (Å²) >= 11 is 5.93. The summed E-state index contributed by atoms with van der Waals surface area (Å²) in [5.74, 6) is -1.08. The molecule has 0 saturated heterocycles. The van der Waals surface area contributed by atoms with Crippen LogP contribution in [0.15, 0.2) is 24.4 Å². The first-order valence-corrected chi connectivity index (χ1v) is 5.74. The lowest BCUT2D eigenvalue weighted by Crippen LogP contribution is -2.00. The van der Waals surface area contributed by atoms with Gasteiger partial charge in [-0.3, -0.25) is 14.8 Å². The van der Waals surface area contributed by atoms with Crippen LogP contribution in [0.1, 0.15) is 10.4 Å². The molecule has 9 heteroatoms. The second-order valence-electron chi connectivity index (χ2n) is 3.92. The molecule has 0 aliphatic heterocycles. The molecule has 0 fully saturated rings. The number of carboxylic acid groups (broad SMARTS) is 1. The number of aromatic carboxylic acids is 1. The Bertz CT molecular complexity index is 698. The Morgan fingerprint density at radius 2 is 2.25 bits per heavy atom. The second kappa shape index (κ2) is 5.17. The minimum Gasteiger partial charge on any atom is -0.478 e. The zero-order valence-corrected chi connectivity index (χ0v) is 11.0. The molecule has 1 aromatic carbocycles. The van der Waals surface area contributed by atoms with Crippen molar-refractivity contribution in [3.05, 3.63) is 45.1 Å². The number of benzene rings is 1. The van der Waals surface area contributed by atoms with E-state index in [2.05, 4.69) is 10.4 Å². The van der Waals surface area contributed by atoms with Gasteiger partial charge in [-0.2, -0.15) is 0 Å². The number of hydrogen-bond acceptors (Lipinski definition) is 5. The standard InChI is InChI=1S/C11H9ClN4O4/c1-15-5-9(16(19)20)10(14-15)13-8-3-2-6(11(17)18)4-7(8)12/h2-5H,1H3,(H,13,14)(H,17,18). The van der Waals surface area contributed by atoms with E-state index in [0.717, 1.165) is 0 Å². The van der Waals surface area contributed by atoms with E-state index >= 15 is 0 Å². The molecule has 2 aromatic rings. The second-order valence-corrected chi connectivity index (χ2v) is 4.33. The molecule has 0 unspecified atom stereocenters. The summed E-state index contributed by atoms with van der Waals surface area (Å²) in [4.78, 5) is 21.1. The molecule has 0 atom stereocenters. The Kier molecular flexibility index (Phi) is 3.57. The van der Waals surface area contributed by atoms with E-state index in [0.29, 0.717) is 5.69 Å². The number of aryl methyl sites for hydroxylation is 1. The van der Waals surface area contributed by atoms with Crippen molar-refractivity contribution in [1.82, 2.24) is 9.78 Å². The molecule has 2 N–H and O–H groups in total. The fourth-order valence-corrected chi connectivity index (χ4v) is 1.80. The molecule has 0 bridgehead atoms. The monoisotopic (exact) mass is 296 g/mol. The lowest BCUT2D eigenvalue weighted by atomic mass is 10.2. The molecule has 0 amide bonds. The minimum atomic E-state index is -1.11. The van der Waals surface area contributed by atoms with Crippen LogP contribution in [-0.4, -0.2) is 25.8 Å². The van der Waals surface area contributed by atoms with E-state index in [1.54, 1.807) is 7.05 Å². The van der Waals surface area contributed by atoms with Crippen LogP contribution in [-0.2, 0) is 7.05 Å². The number of nitrogens with zero attached hydrogens (tertiary/aromatic N) is 3. The van der Waals surface area contributed by atoms with Crippen LogP contribution in [0.2, 0.25) is 5.02 Å². The van der Waals surface area contributed by atoms with Crippen molar-refractivity contribution in [3.8, 4) is 0 Å². The number of nitrogens with one attached hydrogen (secondary N) is 1. The lowest BCUT2D eigenvalue weighted by Gasteiger charge is -2.06. The lowest BCUT2D eigenvalue weighted by molar-refractivity contribution is -0.384. The smallest absolute Gasteiger partial charge is 0.335 e. The molecule has 0 radical (unpaired) electrons. The molecule has 8 nitrogen and oxygen atoms in total. The molecule has 0 aliphatic carbocycles. The van der Waals surface area contributed by atoms with E-state index in [-0.39, 0.29) is 22.1 Å². The number of carbonyl (C=O) groups is 1. The summed E-state index contributed by atoms with van der Waals surface area (Å²) in [5.41, 5.74) is 0.153. The predicted octanol–water partition coefficient (Wildman–Crippen LogP) is 2.42. The van der Waals surface area contributed by atoms with Crippen LogP contribution in [0.3, 0.4) is 0 Å². The fraction of sp³-hybridized carbons (Fsp3) is 0.0909. The zero-order chi connectivity index (χ0) is 14.9. The van der Waals surface area contributed by atoms with E-state index in [4.69, 9.17) is 16.7 Å². The number of nitro groups is 1. The maximum Gasteiger partial charge on any atom is 0.335 e. The third-order valence-corrected chi connectivity index (χ3v) is 2.79. The van der Waals surface area contributed by atoms with Gasteiger partial charge in [0.05, 0.1) is 21.2 Å². The van der Waals surface area contributed by atoms with Crippen molar-refractivity contribution in [3.63, 3.8) is 0 Å². The third kappa shape index (κ3) is 2.69. The molecular formula is C11H9ClN4O4. The van der Waals surface area contributed by atoms with Crippen molar-refractivity contribution in [2.75, 3.05) is 5.32 Å². The number of rotatable bonds is 4. The zero-order valence-electron chi connectivity index (χ0n) is 10.2. The molecule has 1 heterocycles. The van der Waals surface area contributed by atoms with Crippen molar-refractivity contribution in [1.29, 1.82) is 0 Å². The van der Waals surface area contributed by atoms with Crippen LogP contribution >= 0.6 is 11.6 Å².